The Morgan fingerprint density at radius 1 is 1.27 bits per heavy atom. The van der Waals surface area contributed by atoms with E-state index in [-0.39, 0.29) is 10.7 Å². The number of hydrogen-bond donors (Lipinski definition) is 2. The molecule has 1 saturated carbocycles. The van der Waals surface area contributed by atoms with Crippen molar-refractivity contribution < 1.29 is 8.42 Å². The van der Waals surface area contributed by atoms with Gasteiger partial charge < -0.3 is 5.32 Å². The minimum atomic E-state index is -3.05. The van der Waals surface area contributed by atoms with E-state index in [0.717, 1.165) is 25.8 Å². The highest BCUT2D eigenvalue weighted by atomic mass is 32.2. The van der Waals surface area contributed by atoms with Crippen LogP contribution in [0.25, 0.3) is 0 Å². The summed E-state index contributed by atoms with van der Waals surface area (Å²) in [7, 11) is -1.18. The highest BCUT2D eigenvalue weighted by molar-refractivity contribution is 7.90. The molecule has 90 valence electrons. The molecule has 0 aromatic rings. The lowest BCUT2D eigenvalue weighted by atomic mass is 9.94. The van der Waals surface area contributed by atoms with Gasteiger partial charge in [0.05, 0.1) is 5.25 Å². The van der Waals surface area contributed by atoms with Gasteiger partial charge in [-0.3, -0.25) is 0 Å². The van der Waals surface area contributed by atoms with Crippen molar-refractivity contribution in [2.75, 3.05) is 20.1 Å². The van der Waals surface area contributed by atoms with Crippen LogP contribution >= 0.6 is 0 Å². The van der Waals surface area contributed by atoms with Crippen LogP contribution < -0.4 is 10.0 Å². The van der Waals surface area contributed by atoms with Crippen molar-refractivity contribution in [2.45, 2.75) is 38.4 Å². The maximum atomic E-state index is 11.7. The predicted octanol–water partition coefficient (Wildman–Crippen LogP) is 0.704. The summed E-state index contributed by atoms with van der Waals surface area (Å²) < 4.78 is 26.2. The van der Waals surface area contributed by atoms with Crippen LogP contribution in [-0.4, -0.2) is 33.8 Å². The molecule has 0 radical (unpaired) electrons. The third-order valence-corrected chi connectivity index (χ3v) is 4.79. The quantitative estimate of drug-likeness (QED) is 0.711. The lowest BCUT2D eigenvalue weighted by Gasteiger charge is -2.29. The predicted molar refractivity (Wildman–Crippen MR) is 62.3 cm³/mol. The summed E-state index contributed by atoms with van der Waals surface area (Å²) in [5, 5.41) is 2.93. The first-order valence-electron chi connectivity index (χ1n) is 5.50. The maximum absolute atomic E-state index is 11.7. The first-order chi connectivity index (χ1) is 6.87. The van der Waals surface area contributed by atoms with E-state index >= 15 is 0 Å². The van der Waals surface area contributed by atoms with Crippen molar-refractivity contribution >= 4 is 10.0 Å². The summed E-state index contributed by atoms with van der Waals surface area (Å²) >= 11 is 0. The Morgan fingerprint density at radius 2 is 1.87 bits per heavy atom. The molecule has 0 saturated heterocycles. The fourth-order valence-electron chi connectivity index (χ4n) is 1.64. The van der Waals surface area contributed by atoms with Gasteiger partial charge in [0.1, 0.15) is 0 Å². The molecule has 1 aliphatic carbocycles. The zero-order valence-electron chi connectivity index (χ0n) is 9.84. The van der Waals surface area contributed by atoms with E-state index in [9.17, 15) is 8.42 Å². The molecule has 4 nitrogen and oxygen atoms in total. The number of sulfonamides is 1. The van der Waals surface area contributed by atoms with E-state index in [4.69, 9.17) is 0 Å². The Morgan fingerprint density at radius 3 is 2.27 bits per heavy atom. The van der Waals surface area contributed by atoms with Crippen LogP contribution in [0, 0.1) is 5.41 Å². The summed E-state index contributed by atoms with van der Waals surface area (Å²) in [5.74, 6) is 0. The lowest BCUT2D eigenvalue weighted by molar-refractivity contribution is 0.348. The molecular weight excluding hydrogens is 212 g/mol. The normalized spacial score (nSPS) is 18.9. The molecule has 0 bridgehead atoms. The monoisotopic (exact) mass is 234 g/mol. The van der Waals surface area contributed by atoms with E-state index in [1.54, 1.807) is 0 Å². The summed E-state index contributed by atoms with van der Waals surface area (Å²) in [6.07, 6.45) is 2.69. The van der Waals surface area contributed by atoms with Crippen molar-refractivity contribution in [1.82, 2.24) is 10.0 Å². The van der Waals surface area contributed by atoms with E-state index in [2.05, 4.69) is 10.0 Å². The second-order valence-corrected chi connectivity index (χ2v) is 7.16. The molecule has 1 fully saturated rings. The molecule has 5 heteroatoms. The summed E-state index contributed by atoms with van der Waals surface area (Å²) in [5.41, 5.74) is -0.0361. The van der Waals surface area contributed by atoms with Crippen LogP contribution in [0.15, 0.2) is 0 Å². The minimum Gasteiger partial charge on any atom is -0.319 e. The Bertz CT molecular complexity index is 295. The van der Waals surface area contributed by atoms with Gasteiger partial charge in [0.25, 0.3) is 0 Å². The number of hydrogen-bond acceptors (Lipinski definition) is 3. The molecule has 0 unspecified atom stereocenters. The molecule has 1 rings (SSSR count). The molecule has 0 aromatic carbocycles. The van der Waals surface area contributed by atoms with Crippen molar-refractivity contribution in [3.63, 3.8) is 0 Å². The van der Waals surface area contributed by atoms with Crippen molar-refractivity contribution in [3.05, 3.63) is 0 Å². The molecule has 2 N–H and O–H groups in total. The fourth-order valence-corrected chi connectivity index (χ4v) is 3.42. The second-order valence-electron chi connectivity index (χ2n) is 5.11. The van der Waals surface area contributed by atoms with Gasteiger partial charge in [-0.1, -0.05) is 20.3 Å². The summed E-state index contributed by atoms with van der Waals surface area (Å²) in [4.78, 5) is 0. The van der Waals surface area contributed by atoms with Crippen LogP contribution in [0.3, 0.4) is 0 Å². The van der Waals surface area contributed by atoms with E-state index in [0.29, 0.717) is 6.54 Å². The van der Waals surface area contributed by atoms with Gasteiger partial charge in [-0.2, -0.15) is 0 Å². The number of rotatable bonds is 6. The van der Waals surface area contributed by atoms with Gasteiger partial charge >= 0.3 is 0 Å². The minimum absolute atomic E-state index is 0.0361. The maximum Gasteiger partial charge on any atom is 0.214 e. The average molecular weight is 234 g/mol. The Kier molecular flexibility index (Phi) is 4.14. The Balaban J connectivity index is 2.41. The van der Waals surface area contributed by atoms with Crippen LogP contribution in [0.1, 0.15) is 33.1 Å². The lowest BCUT2D eigenvalue weighted by Crippen LogP contribution is -2.44. The van der Waals surface area contributed by atoms with Gasteiger partial charge in [0, 0.05) is 13.1 Å². The van der Waals surface area contributed by atoms with Crippen LogP contribution in [0.2, 0.25) is 0 Å². The third-order valence-electron chi connectivity index (χ3n) is 2.90. The first kappa shape index (κ1) is 12.9. The highest BCUT2D eigenvalue weighted by Crippen LogP contribution is 2.25. The van der Waals surface area contributed by atoms with Crippen molar-refractivity contribution in [3.8, 4) is 0 Å². The van der Waals surface area contributed by atoms with Crippen molar-refractivity contribution in [2.24, 2.45) is 5.41 Å². The average Bonchev–Trinajstić information content (AvgIpc) is 1.97. The molecule has 0 aromatic heterocycles. The molecule has 1 aliphatic rings. The SMILES string of the molecule is CNCC(C)(C)CNS(=O)(=O)C1CCC1. The molecule has 0 aliphatic heterocycles. The standard InChI is InChI=1S/C10H22N2O2S/c1-10(2,7-11-3)8-12-15(13,14)9-5-4-6-9/h9,11-12H,4-8H2,1-3H3. The first-order valence-corrected chi connectivity index (χ1v) is 7.05. The third kappa shape index (κ3) is 3.74. The van der Waals surface area contributed by atoms with E-state index < -0.39 is 10.0 Å². The van der Waals surface area contributed by atoms with Gasteiger partial charge in [-0.15, -0.1) is 0 Å². The van der Waals surface area contributed by atoms with Crippen molar-refractivity contribution in [1.29, 1.82) is 0 Å². The highest BCUT2D eigenvalue weighted by Gasteiger charge is 2.32. The van der Waals surface area contributed by atoms with Gasteiger partial charge in [-0.05, 0) is 25.3 Å². The second kappa shape index (κ2) is 4.80. The summed E-state index contributed by atoms with van der Waals surface area (Å²) in [6, 6.07) is 0. The van der Waals surface area contributed by atoms with E-state index in [1.165, 1.54) is 0 Å². The topological polar surface area (TPSA) is 58.2 Å². The molecule has 15 heavy (non-hydrogen) atoms. The Labute approximate surface area is 92.9 Å². The smallest absolute Gasteiger partial charge is 0.214 e. The summed E-state index contributed by atoms with van der Waals surface area (Å²) in [6.45, 7) is 5.41. The van der Waals surface area contributed by atoms with Gasteiger partial charge in [0.15, 0.2) is 0 Å². The van der Waals surface area contributed by atoms with Crippen LogP contribution in [-0.2, 0) is 10.0 Å². The van der Waals surface area contributed by atoms with Crippen LogP contribution in [0.4, 0.5) is 0 Å². The fraction of sp³-hybridized carbons (Fsp3) is 1.00. The van der Waals surface area contributed by atoms with Crippen LogP contribution in [0.5, 0.6) is 0 Å². The zero-order chi connectivity index (χ0) is 11.5. The Hall–Kier alpha value is -0.130. The zero-order valence-corrected chi connectivity index (χ0v) is 10.7. The largest absolute Gasteiger partial charge is 0.319 e. The van der Waals surface area contributed by atoms with Gasteiger partial charge in [0.2, 0.25) is 10.0 Å². The van der Waals surface area contributed by atoms with Gasteiger partial charge in [-0.25, -0.2) is 13.1 Å². The molecule has 0 spiro atoms. The number of nitrogens with one attached hydrogen (secondary N) is 2. The molecule has 0 heterocycles. The molecule has 0 amide bonds. The molecular formula is C10H22N2O2S. The van der Waals surface area contributed by atoms with E-state index in [1.807, 2.05) is 20.9 Å². The molecule has 0 atom stereocenters.